The van der Waals surface area contributed by atoms with Crippen LogP contribution in [0.1, 0.15) is 36.8 Å². The number of nitrogens with zero attached hydrogens (tertiary/aromatic N) is 2. The summed E-state index contributed by atoms with van der Waals surface area (Å²) in [6.45, 7) is 4.59. The second-order valence-electron chi connectivity index (χ2n) is 7.43. The summed E-state index contributed by atoms with van der Waals surface area (Å²) in [5.74, 6) is 0.472. The first-order valence-electron chi connectivity index (χ1n) is 9.41. The van der Waals surface area contributed by atoms with E-state index < -0.39 is 0 Å². The molecule has 2 aliphatic rings. The lowest BCUT2D eigenvalue weighted by atomic mass is 9.85. The number of piperazine rings is 1. The van der Waals surface area contributed by atoms with Gasteiger partial charge >= 0.3 is 0 Å². The standard InChI is InChI=1S/C20H29N3O2.ClH/c1-15-5-2-3-6-16(15)14-19(24)22-9-11-23(12-10-22)20(25)17-7-4-8-18(21)13-17;/h2-3,5-6,17-18H,4,7-14,21H2,1H3;1H. The SMILES string of the molecule is Cc1ccccc1CC(=O)N1CCN(C(=O)C2CCCC(N)C2)CC1.Cl. The number of rotatable bonds is 3. The smallest absolute Gasteiger partial charge is 0.227 e. The molecule has 1 saturated carbocycles. The van der Waals surface area contributed by atoms with Crippen molar-refractivity contribution in [1.82, 2.24) is 9.80 Å². The Kier molecular flexibility index (Phi) is 7.47. The zero-order valence-electron chi connectivity index (χ0n) is 15.5. The van der Waals surface area contributed by atoms with Gasteiger partial charge in [-0.05, 0) is 37.3 Å². The maximum Gasteiger partial charge on any atom is 0.227 e. The molecule has 1 heterocycles. The van der Waals surface area contributed by atoms with Crippen molar-refractivity contribution in [3.8, 4) is 0 Å². The van der Waals surface area contributed by atoms with Gasteiger partial charge in [0.15, 0.2) is 0 Å². The van der Waals surface area contributed by atoms with Crippen LogP contribution in [0, 0.1) is 12.8 Å². The number of halogens is 1. The van der Waals surface area contributed by atoms with Crippen LogP contribution in [0.2, 0.25) is 0 Å². The highest BCUT2D eigenvalue weighted by Gasteiger charge is 2.31. The number of amides is 2. The van der Waals surface area contributed by atoms with Gasteiger partial charge in [0, 0.05) is 38.1 Å². The van der Waals surface area contributed by atoms with E-state index >= 15 is 0 Å². The van der Waals surface area contributed by atoms with Crippen molar-refractivity contribution in [2.24, 2.45) is 11.7 Å². The minimum atomic E-state index is 0. The molecule has 26 heavy (non-hydrogen) atoms. The fourth-order valence-corrected chi connectivity index (χ4v) is 3.97. The zero-order valence-corrected chi connectivity index (χ0v) is 16.3. The second-order valence-corrected chi connectivity index (χ2v) is 7.43. The summed E-state index contributed by atoms with van der Waals surface area (Å²) >= 11 is 0. The molecule has 0 spiro atoms. The van der Waals surface area contributed by atoms with Gasteiger partial charge in [-0.2, -0.15) is 0 Å². The van der Waals surface area contributed by atoms with Crippen LogP contribution in [0.5, 0.6) is 0 Å². The number of hydrogen-bond donors (Lipinski definition) is 1. The third kappa shape index (κ3) is 4.98. The van der Waals surface area contributed by atoms with E-state index in [1.54, 1.807) is 0 Å². The molecule has 2 amide bonds. The van der Waals surface area contributed by atoms with Gasteiger partial charge in [-0.3, -0.25) is 9.59 Å². The van der Waals surface area contributed by atoms with E-state index in [2.05, 4.69) is 0 Å². The molecule has 0 aromatic heterocycles. The van der Waals surface area contributed by atoms with Crippen LogP contribution in [-0.2, 0) is 16.0 Å². The van der Waals surface area contributed by atoms with E-state index in [4.69, 9.17) is 5.73 Å². The number of carbonyl (C=O) groups excluding carboxylic acids is 2. The first kappa shape index (κ1) is 20.7. The van der Waals surface area contributed by atoms with Gasteiger partial charge < -0.3 is 15.5 Å². The fourth-order valence-electron chi connectivity index (χ4n) is 3.97. The summed E-state index contributed by atoms with van der Waals surface area (Å²) in [6.07, 6.45) is 4.29. The molecule has 3 rings (SSSR count). The van der Waals surface area contributed by atoms with Crippen molar-refractivity contribution in [3.05, 3.63) is 35.4 Å². The zero-order chi connectivity index (χ0) is 17.8. The molecule has 0 radical (unpaired) electrons. The number of aryl methyl sites for hydroxylation is 1. The van der Waals surface area contributed by atoms with E-state index in [0.717, 1.165) is 36.8 Å². The Morgan fingerprint density at radius 2 is 1.73 bits per heavy atom. The highest BCUT2D eigenvalue weighted by molar-refractivity contribution is 5.85. The third-order valence-electron chi connectivity index (χ3n) is 5.61. The van der Waals surface area contributed by atoms with Gasteiger partial charge in [-0.1, -0.05) is 30.7 Å². The molecule has 2 fully saturated rings. The monoisotopic (exact) mass is 379 g/mol. The molecule has 0 bridgehead atoms. The molecule has 1 aliphatic carbocycles. The summed E-state index contributed by atoms with van der Waals surface area (Å²) in [4.78, 5) is 29.0. The molecule has 5 nitrogen and oxygen atoms in total. The average Bonchev–Trinajstić information content (AvgIpc) is 2.63. The number of hydrogen-bond acceptors (Lipinski definition) is 3. The first-order valence-corrected chi connectivity index (χ1v) is 9.41. The van der Waals surface area contributed by atoms with E-state index in [1.807, 2.05) is 41.0 Å². The third-order valence-corrected chi connectivity index (χ3v) is 5.61. The van der Waals surface area contributed by atoms with Crippen LogP contribution < -0.4 is 5.73 Å². The highest BCUT2D eigenvalue weighted by Crippen LogP contribution is 2.25. The van der Waals surface area contributed by atoms with Crippen molar-refractivity contribution in [2.75, 3.05) is 26.2 Å². The fraction of sp³-hybridized carbons (Fsp3) is 0.600. The van der Waals surface area contributed by atoms with Gasteiger partial charge in [-0.15, -0.1) is 12.4 Å². The van der Waals surface area contributed by atoms with Crippen molar-refractivity contribution in [1.29, 1.82) is 0 Å². The summed E-state index contributed by atoms with van der Waals surface area (Å²) in [6, 6.07) is 8.18. The Labute approximate surface area is 162 Å². The van der Waals surface area contributed by atoms with Crippen LogP contribution in [0.15, 0.2) is 24.3 Å². The molecular formula is C20H30ClN3O2. The van der Waals surface area contributed by atoms with E-state index in [0.29, 0.717) is 32.6 Å². The van der Waals surface area contributed by atoms with Crippen LogP contribution >= 0.6 is 12.4 Å². The molecule has 2 atom stereocenters. The maximum atomic E-state index is 12.7. The average molecular weight is 380 g/mol. The molecule has 144 valence electrons. The van der Waals surface area contributed by atoms with Gasteiger partial charge in [-0.25, -0.2) is 0 Å². The quantitative estimate of drug-likeness (QED) is 0.875. The summed E-state index contributed by atoms with van der Waals surface area (Å²) < 4.78 is 0. The molecule has 1 aromatic rings. The van der Waals surface area contributed by atoms with Crippen LogP contribution in [0.25, 0.3) is 0 Å². The molecular weight excluding hydrogens is 350 g/mol. The predicted molar refractivity (Wildman–Crippen MR) is 105 cm³/mol. The van der Waals surface area contributed by atoms with Crippen LogP contribution in [-0.4, -0.2) is 53.8 Å². The van der Waals surface area contributed by atoms with Crippen LogP contribution in [0.3, 0.4) is 0 Å². The summed E-state index contributed by atoms with van der Waals surface area (Å²) in [5, 5.41) is 0. The molecule has 2 N–H and O–H groups in total. The Hall–Kier alpha value is -1.59. The molecule has 6 heteroatoms. The molecule has 1 saturated heterocycles. The number of benzene rings is 1. The van der Waals surface area contributed by atoms with E-state index in [9.17, 15) is 9.59 Å². The van der Waals surface area contributed by atoms with E-state index in [1.165, 1.54) is 0 Å². The van der Waals surface area contributed by atoms with Crippen molar-refractivity contribution >= 4 is 24.2 Å². The molecule has 2 unspecified atom stereocenters. The van der Waals surface area contributed by atoms with Gasteiger partial charge in [0.05, 0.1) is 6.42 Å². The maximum absolute atomic E-state index is 12.7. The van der Waals surface area contributed by atoms with Crippen molar-refractivity contribution < 1.29 is 9.59 Å². The van der Waals surface area contributed by atoms with Crippen molar-refractivity contribution in [2.45, 2.75) is 45.1 Å². The summed E-state index contributed by atoms with van der Waals surface area (Å²) in [7, 11) is 0. The topological polar surface area (TPSA) is 66.6 Å². The lowest BCUT2D eigenvalue weighted by Crippen LogP contribution is -2.53. The molecule has 1 aromatic carbocycles. The number of carbonyl (C=O) groups is 2. The van der Waals surface area contributed by atoms with Gasteiger partial charge in [0.1, 0.15) is 0 Å². The predicted octanol–water partition coefficient (Wildman–Crippen LogP) is 2.15. The Bertz CT molecular complexity index is 629. The van der Waals surface area contributed by atoms with Crippen LogP contribution in [0.4, 0.5) is 0 Å². The summed E-state index contributed by atoms with van der Waals surface area (Å²) in [5.41, 5.74) is 8.25. The minimum Gasteiger partial charge on any atom is -0.339 e. The highest BCUT2D eigenvalue weighted by atomic mass is 35.5. The Morgan fingerprint density at radius 1 is 1.08 bits per heavy atom. The van der Waals surface area contributed by atoms with Gasteiger partial charge in [0.2, 0.25) is 11.8 Å². The number of nitrogens with two attached hydrogens (primary N) is 1. The largest absolute Gasteiger partial charge is 0.339 e. The Morgan fingerprint density at radius 3 is 2.38 bits per heavy atom. The lowest BCUT2D eigenvalue weighted by molar-refractivity contribution is -0.142. The van der Waals surface area contributed by atoms with Gasteiger partial charge in [0.25, 0.3) is 0 Å². The second kappa shape index (κ2) is 9.38. The van der Waals surface area contributed by atoms with E-state index in [-0.39, 0.29) is 36.2 Å². The first-order chi connectivity index (χ1) is 12.0. The normalized spacial score (nSPS) is 23.3. The molecule has 1 aliphatic heterocycles. The lowest BCUT2D eigenvalue weighted by Gasteiger charge is -2.38. The van der Waals surface area contributed by atoms with Crippen molar-refractivity contribution in [3.63, 3.8) is 0 Å². The Balaban J connectivity index is 0.00000243. The minimum absolute atomic E-state index is 0.